The Kier molecular flexibility index (Phi) is 4.56. The number of hydrogen-bond donors (Lipinski definition) is 2. The fraction of sp³-hybridized carbons (Fsp3) is 0. The second kappa shape index (κ2) is 5.23. The number of nitro benzene ring substituents is 2. The van der Waals surface area contributed by atoms with E-state index in [4.69, 9.17) is 5.11 Å². The quantitative estimate of drug-likeness (QED) is 0.476. The summed E-state index contributed by atoms with van der Waals surface area (Å²) in [7, 11) is 0. The number of nitrogens with zero attached hydrogens (tertiary/aromatic N) is 2. The molecule has 0 amide bonds. The van der Waals surface area contributed by atoms with Crippen molar-refractivity contribution in [3.8, 4) is 5.75 Å². The summed E-state index contributed by atoms with van der Waals surface area (Å²) in [5, 5.41) is 38.5. The third-order valence-corrected chi connectivity index (χ3v) is 1.71. The van der Waals surface area contributed by atoms with E-state index in [0.29, 0.717) is 12.1 Å². The number of rotatable bonds is 3. The number of hydrogen-bond acceptors (Lipinski definition) is 6. The van der Waals surface area contributed by atoms with Crippen molar-refractivity contribution in [3.05, 3.63) is 37.9 Å². The Bertz CT molecular complexity index is 466. The molecule has 0 fully saturated rings. The van der Waals surface area contributed by atoms with E-state index in [1.165, 1.54) is 0 Å². The van der Waals surface area contributed by atoms with Gasteiger partial charge in [-0.3, -0.25) is 20.2 Å². The van der Waals surface area contributed by atoms with Crippen LogP contribution >= 0.6 is 0 Å². The first kappa shape index (κ1) is 14.8. The fourth-order valence-corrected chi connectivity index (χ4v) is 1.01. The number of carboxylic acids is 1. The smallest absolute Gasteiger partial charge is 0.340 e. The van der Waals surface area contributed by atoms with Crippen LogP contribution in [-0.4, -0.2) is 26.0 Å². The van der Waals surface area contributed by atoms with E-state index in [-0.39, 0.29) is 17.1 Å². The minimum atomic E-state index is -1.69. The van der Waals surface area contributed by atoms with Gasteiger partial charge in [0.2, 0.25) is 5.75 Å². The minimum absolute atomic E-state index is 0. The third-order valence-electron chi connectivity index (χ3n) is 1.71. The predicted octanol–water partition coefficient (Wildman–Crippen LogP) is 0.904. The van der Waals surface area contributed by atoms with Crippen molar-refractivity contribution in [2.24, 2.45) is 0 Å². The summed E-state index contributed by atoms with van der Waals surface area (Å²) < 4.78 is 0. The molecular weight excluding hydrogens is 279 g/mol. The molecule has 9 nitrogen and oxygen atoms in total. The molecule has 0 aliphatic carbocycles. The van der Waals surface area contributed by atoms with Crippen LogP contribution in [0.1, 0.15) is 10.4 Å². The number of non-ortho nitro benzene ring substituents is 1. The number of nitro groups is 2. The molecule has 0 unspecified atom stereocenters. The van der Waals surface area contributed by atoms with Gasteiger partial charge in [0.1, 0.15) is 5.56 Å². The first-order chi connectivity index (χ1) is 7.34. The van der Waals surface area contributed by atoms with Gasteiger partial charge in [0.05, 0.1) is 15.9 Å². The molecule has 91 valence electrons. The van der Waals surface area contributed by atoms with Gasteiger partial charge >= 0.3 is 11.7 Å². The summed E-state index contributed by atoms with van der Waals surface area (Å²) >= 11 is 0. The normalized spacial score (nSPS) is 9.18. The van der Waals surface area contributed by atoms with Gasteiger partial charge in [0, 0.05) is 23.1 Å². The Balaban J connectivity index is 0.00000256. The van der Waals surface area contributed by atoms with Gasteiger partial charge in [-0.15, -0.1) is 0 Å². The zero-order chi connectivity index (χ0) is 12.5. The summed E-state index contributed by atoms with van der Waals surface area (Å²) in [6.07, 6.45) is 0. The molecule has 0 heterocycles. The minimum Gasteiger partial charge on any atom is -0.501 e. The Morgan fingerprint density at radius 2 is 1.71 bits per heavy atom. The van der Waals surface area contributed by atoms with E-state index < -0.39 is 38.5 Å². The maximum Gasteiger partial charge on any atom is 0.340 e. The predicted molar refractivity (Wildman–Crippen MR) is 48.4 cm³/mol. The number of benzene rings is 1. The largest absolute Gasteiger partial charge is 0.501 e. The molecule has 0 atom stereocenters. The summed E-state index contributed by atoms with van der Waals surface area (Å²) in [4.78, 5) is 29.2. The maximum atomic E-state index is 10.6. The fourth-order valence-electron chi connectivity index (χ4n) is 1.01. The molecule has 0 aliphatic rings. The molecule has 0 spiro atoms. The van der Waals surface area contributed by atoms with Crippen LogP contribution in [0.15, 0.2) is 12.1 Å². The van der Waals surface area contributed by atoms with Crippen LogP contribution in [0, 0.1) is 20.2 Å². The van der Waals surface area contributed by atoms with Gasteiger partial charge in [0.25, 0.3) is 5.69 Å². The first-order valence-corrected chi connectivity index (χ1v) is 3.73. The molecule has 1 rings (SSSR count). The van der Waals surface area contributed by atoms with Crippen LogP contribution in [0.2, 0.25) is 0 Å². The number of carbonyl (C=O) groups is 1. The van der Waals surface area contributed by atoms with Crippen molar-refractivity contribution in [1.29, 1.82) is 0 Å². The average molecular weight is 283 g/mol. The monoisotopic (exact) mass is 283 g/mol. The second-order valence-corrected chi connectivity index (χ2v) is 2.68. The van der Waals surface area contributed by atoms with Crippen LogP contribution in [0.3, 0.4) is 0 Å². The van der Waals surface area contributed by atoms with Gasteiger partial charge in [-0.25, -0.2) is 4.79 Å². The van der Waals surface area contributed by atoms with E-state index in [9.17, 15) is 30.1 Å². The topological polar surface area (TPSA) is 144 Å². The van der Waals surface area contributed by atoms with Crippen LogP contribution in [0.25, 0.3) is 0 Å². The Hall–Kier alpha value is -2.19. The van der Waals surface area contributed by atoms with Gasteiger partial charge in [-0.05, 0) is 0 Å². The molecule has 10 heteroatoms. The number of aromatic carboxylic acids is 1. The summed E-state index contributed by atoms with van der Waals surface area (Å²) in [6.45, 7) is 0. The molecular formula is C7H4MnN2O7. The Morgan fingerprint density at radius 1 is 1.18 bits per heavy atom. The SMILES string of the molecule is O=C(O)c1cc([N+](=O)[O-])cc([N+](=O)[O-])c1O.[Mn]. The molecule has 1 radical (unpaired) electrons. The number of phenols is 1. The van der Waals surface area contributed by atoms with Gasteiger partial charge in [0.15, 0.2) is 0 Å². The molecule has 1 aromatic rings. The van der Waals surface area contributed by atoms with E-state index >= 15 is 0 Å². The van der Waals surface area contributed by atoms with Crippen molar-refractivity contribution in [2.75, 3.05) is 0 Å². The Labute approximate surface area is 103 Å². The van der Waals surface area contributed by atoms with Crippen LogP contribution in [0.4, 0.5) is 11.4 Å². The van der Waals surface area contributed by atoms with Crippen molar-refractivity contribution >= 4 is 17.3 Å². The van der Waals surface area contributed by atoms with Crippen molar-refractivity contribution in [1.82, 2.24) is 0 Å². The molecule has 2 N–H and O–H groups in total. The van der Waals surface area contributed by atoms with E-state index in [1.807, 2.05) is 0 Å². The molecule has 0 saturated carbocycles. The maximum absolute atomic E-state index is 10.6. The Morgan fingerprint density at radius 3 is 2.06 bits per heavy atom. The number of aromatic hydroxyl groups is 1. The van der Waals surface area contributed by atoms with E-state index in [1.54, 1.807) is 0 Å². The second-order valence-electron chi connectivity index (χ2n) is 2.68. The summed E-state index contributed by atoms with van der Waals surface area (Å²) in [5.41, 5.74) is -2.69. The standard InChI is InChI=1S/C7H4N2O7.Mn/c10-6-4(7(11)12)1-3(8(13)14)2-5(6)9(15)16;/h1-2,10H,(H,11,12);. The molecule has 0 bridgehead atoms. The van der Waals surface area contributed by atoms with Crippen LogP contribution in [0.5, 0.6) is 5.75 Å². The van der Waals surface area contributed by atoms with Crippen molar-refractivity contribution in [2.45, 2.75) is 0 Å². The van der Waals surface area contributed by atoms with Crippen LogP contribution in [-0.2, 0) is 17.1 Å². The summed E-state index contributed by atoms with van der Waals surface area (Å²) in [6, 6.07) is 1.03. The third kappa shape index (κ3) is 2.89. The number of carboxylic acid groups (broad SMARTS) is 1. The molecule has 0 aromatic heterocycles. The molecule has 17 heavy (non-hydrogen) atoms. The molecule has 1 aromatic carbocycles. The molecule has 0 aliphatic heterocycles. The van der Waals surface area contributed by atoms with Gasteiger partial charge in [-0.1, -0.05) is 0 Å². The molecule has 0 saturated heterocycles. The zero-order valence-electron chi connectivity index (χ0n) is 7.86. The van der Waals surface area contributed by atoms with Gasteiger partial charge in [-0.2, -0.15) is 0 Å². The average Bonchev–Trinajstić information content (AvgIpc) is 2.16. The van der Waals surface area contributed by atoms with Gasteiger partial charge < -0.3 is 10.2 Å². The van der Waals surface area contributed by atoms with Crippen molar-refractivity contribution in [3.63, 3.8) is 0 Å². The van der Waals surface area contributed by atoms with E-state index in [2.05, 4.69) is 0 Å². The summed E-state index contributed by atoms with van der Waals surface area (Å²) in [5.74, 6) is -2.80. The first-order valence-electron chi connectivity index (χ1n) is 3.73. The van der Waals surface area contributed by atoms with Crippen LogP contribution < -0.4 is 0 Å². The van der Waals surface area contributed by atoms with E-state index in [0.717, 1.165) is 0 Å². The zero-order valence-corrected chi connectivity index (χ0v) is 9.04. The van der Waals surface area contributed by atoms with Crippen molar-refractivity contribution < 1.29 is 41.9 Å².